The molecule has 0 bridgehead atoms. The zero-order valence-corrected chi connectivity index (χ0v) is 12.0. The fourth-order valence-electron chi connectivity index (χ4n) is 2.58. The molecule has 1 fully saturated rings. The number of aromatic nitrogens is 2. The molecule has 0 saturated carbocycles. The van der Waals surface area contributed by atoms with Gasteiger partial charge in [-0.15, -0.1) is 0 Å². The number of carbonyl (C=O) groups is 1. The summed E-state index contributed by atoms with van der Waals surface area (Å²) in [7, 11) is 0. The van der Waals surface area contributed by atoms with Crippen molar-refractivity contribution in [2.24, 2.45) is 0 Å². The Morgan fingerprint density at radius 2 is 2.43 bits per heavy atom. The van der Waals surface area contributed by atoms with Gasteiger partial charge in [-0.2, -0.15) is 5.26 Å². The average Bonchev–Trinajstić information content (AvgIpc) is 3.09. The van der Waals surface area contributed by atoms with E-state index >= 15 is 0 Å². The van der Waals surface area contributed by atoms with E-state index in [-0.39, 0.29) is 17.6 Å². The van der Waals surface area contributed by atoms with Gasteiger partial charge in [0.05, 0.1) is 6.04 Å². The molecule has 0 aliphatic carbocycles. The van der Waals surface area contributed by atoms with Crippen molar-refractivity contribution in [3.8, 4) is 6.19 Å². The zero-order chi connectivity index (χ0) is 14.8. The molecule has 7 heteroatoms. The molecule has 3 rings (SSSR count). The van der Waals surface area contributed by atoms with Crippen molar-refractivity contribution in [3.63, 3.8) is 0 Å². The number of hydrogen-bond donors (Lipinski definition) is 1. The number of hydrogen-bond acceptors (Lipinski definition) is 4. The first-order valence-corrected chi connectivity index (χ1v) is 7.15. The third-order valence-electron chi connectivity index (χ3n) is 3.69. The van der Waals surface area contributed by atoms with Crippen LogP contribution in [-0.4, -0.2) is 39.3 Å². The molecule has 1 aliphatic heterocycles. The molecule has 1 aliphatic rings. The second-order valence-electron chi connectivity index (χ2n) is 4.98. The molecule has 21 heavy (non-hydrogen) atoms. The molecule has 2 aromatic heterocycles. The lowest BCUT2D eigenvalue weighted by Crippen LogP contribution is -2.38. The van der Waals surface area contributed by atoms with Gasteiger partial charge < -0.3 is 10.2 Å². The van der Waals surface area contributed by atoms with Crippen LogP contribution >= 0.6 is 11.6 Å². The molecule has 1 atom stereocenters. The van der Waals surface area contributed by atoms with Crippen LogP contribution in [0.2, 0.25) is 5.15 Å². The molecular weight excluding hydrogens is 290 g/mol. The zero-order valence-electron chi connectivity index (χ0n) is 11.3. The Bertz CT molecular complexity index is 720. The Hall–Kier alpha value is -2.26. The van der Waals surface area contributed by atoms with Gasteiger partial charge in [0.1, 0.15) is 10.8 Å². The number of nitriles is 1. The van der Waals surface area contributed by atoms with Crippen LogP contribution in [0.25, 0.3) is 5.65 Å². The highest BCUT2D eigenvalue weighted by atomic mass is 35.5. The summed E-state index contributed by atoms with van der Waals surface area (Å²) >= 11 is 6.18. The Labute approximate surface area is 126 Å². The quantitative estimate of drug-likeness (QED) is 0.875. The standard InChI is InChI=1S/C14H14ClN5O/c15-13-12(18-11-5-1-2-7-20(11)13)14(21)17-8-10-4-3-6-19(10)9-16/h1-2,5,7,10H,3-4,6,8H2,(H,17,21)/t10-/m1/s1. The number of nitrogens with one attached hydrogen (secondary N) is 1. The minimum Gasteiger partial charge on any atom is -0.349 e. The molecule has 1 N–H and O–H groups in total. The first-order valence-electron chi connectivity index (χ1n) is 6.78. The first kappa shape index (κ1) is 13.7. The molecule has 0 spiro atoms. The predicted molar refractivity (Wildman–Crippen MR) is 77.9 cm³/mol. The second-order valence-corrected chi connectivity index (χ2v) is 5.34. The van der Waals surface area contributed by atoms with Crippen LogP contribution in [0.3, 0.4) is 0 Å². The smallest absolute Gasteiger partial charge is 0.273 e. The number of carbonyl (C=O) groups excluding carboxylic acids is 1. The van der Waals surface area contributed by atoms with Crippen molar-refractivity contribution < 1.29 is 4.79 Å². The van der Waals surface area contributed by atoms with Gasteiger partial charge in [0.2, 0.25) is 0 Å². The Balaban J connectivity index is 1.73. The molecule has 108 valence electrons. The van der Waals surface area contributed by atoms with Crippen LogP contribution in [0.15, 0.2) is 24.4 Å². The first-order chi connectivity index (χ1) is 10.2. The van der Waals surface area contributed by atoms with Gasteiger partial charge in [-0.25, -0.2) is 4.98 Å². The summed E-state index contributed by atoms with van der Waals surface area (Å²) in [6.07, 6.45) is 5.79. The number of nitrogens with zero attached hydrogens (tertiary/aromatic N) is 4. The van der Waals surface area contributed by atoms with E-state index in [0.717, 1.165) is 19.4 Å². The van der Waals surface area contributed by atoms with Crippen molar-refractivity contribution in [2.75, 3.05) is 13.1 Å². The van der Waals surface area contributed by atoms with Gasteiger partial charge in [0.25, 0.3) is 5.91 Å². The lowest BCUT2D eigenvalue weighted by molar-refractivity contribution is 0.0941. The molecular formula is C14H14ClN5O. The molecule has 0 radical (unpaired) electrons. The highest BCUT2D eigenvalue weighted by Gasteiger charge is 2.25. The third kappa shape index (κ3) is 2.52. The van der Waals surface area contributed by atoms with E-state index in [0.29, 0.717) is 17.3 Å². The van der Waals surface area contributed by atoms with E-state index in [1.54, 1.807) is 21.6 Å². The largest absolute Gasteiger partial charge is 0.349 e. The summed E-state index contributed by atoms with van der Waals surface area (Å²) in [5.41, 5.74) is 0.844. The van der Waals surface area contributed by atoms with Gasteiger partial charge in [-0.3, -0.25) is 9.20 Å². The van der Waals surface area contributed by atoms with Crippen LogP contribution in [0.1, 0.15) is 23.3 Å². The van der Waals surface area contributed by atoms with Crippen LogP contribution in [-0.2, 0) is 0 Å². The van der Waals surface area contributed by atoms with Crippen LogP contribution in [0.5, 0.6) is 0 Å². The minimum absolute atomic E-state index is 0.0646. The molecule has 3 heterocycles. The van der Waals surface area contributed by atoms with Crippen molar-refractivity contribution in [1.82, 2.24) is 19.6 Å². The Kier molecular flexibility index (Phi) is 3.67. The molecule has 2 aromatic rings. The van der Waals surface area contributed by atoms with E-state index in [9.17, 15) is 4.79 Å². The van der Waals surface area contributed by atoms with E-state index < -0.39 is 0 Å². The summed E-state index contributed by atoms with van der Waals surface area (Å²) in [5, 5.41) is 12.1. The normalized spacial score (nSPS) is 17.9. The molecule has 6 nitrogen and oxygen atoms in total. The summed E-state index contributed by atoms with van der Waals surface area (Å²) < 4.78 is 1.66. The van der Waals surface area contributed by atoms with Gasteiger partial charge in [0, 0.05) is 19.3 Å². The summed E-state index contributed by atoms with van der Waals surface area (Å²) in [5.74, 6) is -0.312. The van der Waals surface area contributed by atoms with Crippen LogP contribution in [0.4, 0.5) is 0 Å². The fourth-order valence-corrected chi connectivity index (χ4v) is 2.86. The number of likely N-dealkylation sites (tertiary alicyclic amines) is 1. The average molecular weight is 304 g/mol. The monoisotopic (exact) mass is 303 g/mol. The number of imidazole rings is 1. The van der Waals surface area contributed by atoms with Crippen LogP contribution in [0, 0.1) is 11.5 Å². The maximum absolute atomic E-state index is 12.2. The van der Waals surface area contributed by atoms with Crippen molar-refractivity contribution >= 4 is 23.2 Å². The van der Waals surface area contributed by atoms with E-state index in [1.807, 2.05) is 12.1 Å². The molecule has 1 saturated heterocycles. The number of halogens is 1. The van der Waals surface area contributed by atoms with Crippen molar-refractivity contribution in [3.05, 3.63) is 35.2 Å². The second kappa shape index (κ2) is 5.62. The molecule has 1 amide bonds. The topological polar surface area (TPSA) is 73.4 Å². The Morgan fingerprint density at radius 3 is 3.19 bits per heavy atom. The van der Waals surface area contributed by atoms with E-state index in [1.165, 1.54) is 0 Å². The molecule has 0 aromatic carbocycles. The lowest BCUT2D eigenvalue weighted by Gasteiger charge is -2.18. The third-order valence-corrected chi connectivity index (χ3v) is 4.05. The van der Waals surface area contributed by atoms with Gasteiger partial charge in [-0.05, 0) is 25.0 Å². The number of rotatable bonds is 3. The SMILES string of the molecule is N#CN1CCC[C@@H]1CNC(=O)c1nc2ccccn2c1Cl. The maximum Gasteiger partial charge on any atom is 0.273 e. The summed E-state index contributed by atoms with van der Waals surface area (Å²) in [4.78, 5) is 18.2. The highest BCUT2D eigenvalue weighted by molar-refractivity contribution is 6.32. The maximum atomic E-state index is 12.2. The highest BCUT2D eigenvalue weighted by Crippen LogP contribution is 2.19. The van der Waals surface area contributed by atoms with E-state index in [2.05, 4.69) is 16.5 Å². The Morgan fingerprint density at radius 1 is 1.57 bits per heavy atom. The summed E-state index contributed by atoms with van der Waals surface area (Å²) in [6.45, 7) is 1.18. The summed E-state index contributed by atoms with van der Waals surface area (Å²) in [6, 6.07) is 5.52. The van der Waals surface area contributed by atoms with Gasteiger partial charge in [0.15, 0.2) is 11.9 Å². The lowest BCUT2D eigenvalue weighted by atomic mass is 10.2. The van der Waals surface area contributed by atoms with Crippen molar-refractivity contribution in [2.45, 2.75) is 18.9 Å². The van der Waals surface area contributed by atoms with Gasteiger partial charge in [-0.1, -0.05) is 17.7 Å². The van der Waals surface area contributed by atoms with E-state index in [4.69, 9.17) is 16.9 Å². The van der Waals surface area contributed by atoms with Gasteiger partial charge >= 0.3 is 0 Å². The van der Waals surface area contributed by atoms with Crippen molar-refractivity contribution in [1.29, 1.82) is 5.26 Å². The predicted octanol–water partition coefficient (Wildman–Crippen LogP) is 1.66. The van der Waals surface area contributed by atoms with Crippen LogP contribution < -0.4 is 5.32 Å². The number of pyridine rings is 1. The molecule has 0 unspecified atom stereocenters. The number of amides is 1. The minimum atomic E-state index is -0.312. The number of fused-ring (bicyclic) bond motifs is 1. The fraction of sp³-hybridized carbons (Fsp3) is 0.357.